The molecule has 33 heavy (non-hydrogen) atoms. The first kappa shape index (κ1) is 23.3. The fourth-order valence-electron chi connectivity index (χ4n) is 4.41. The number of likely N-dealkylation sites (tertiary alicyclic amines) is 1. The van der Waals surface area contributed by atoms with Crippen LogP contribution in [0.2, 0.25) is 0 Å². The van der Waals surface area contributed by atoms with Crippen LogP contribution >= 0.6 is 0 Å². The number of rotatable bonds is 6. The third kappa shape index (κ3) is 5.04. The van der Waals surface area contributed by atoms with Crippen LogP contribution in [0.25, 0.3) is 11.1 Å². The minimum Gasteiger partial charge on any atom is -0.441 e. The molecule has 1 fully saturated rings. The van der Waals surface area contributed by atoms with Crippen molar-refractivity contribution in [3.8, 4) is 0 Å². The molecule has 2 N–H and O–H groups in total. The molecule has 0 aliphatic carbocycles. The first-order valence-electron chi connectivity index (χ1n) is 11.1. The summed E-state index contributed by atoms with van der Waals surface area (Å²) in [5.41, 5.74) is 0.781. The number of aromatic nitrogens is 1. The number of fused-ring (bicyclic) bond motifs is 1. The molecule has 176 valence electrons. The summed E-state index contributed by atoms with van der Waals surface area (Å²) in [7, 11) is -3.90. The molecular weight excluding hydrogens is 442 g/mol. The monoisotopic (exact) mass is 471 g/mol. The third-order valence-corrected chi connectivity index (χ3v) is 7.34. The van der Waals surface area contributed by atoms with Crippen LogP contribution in [0.15, 0.2) is 51.8 Å². The van der Waals surface area contributed by atoms with Gasteiger partial charge in [0, 0.05) is 31.3 Å². The van der Waals surface area contributed by atoms with Crippen molar-refractivity contribution in [3.63, 3.8) is 0 Å². The lowest BCUT2D eigenvalue weighted by molar-refractivity contribution is -0.0311. The van der Waals surface area contributed by atoms with Gasteiger partial charge in [-0.1, -0.05) is 19.9 Å². The molecule has 1 amide bonds. The van der Waals surface area contributed by atoms with E-state index in [2.05, 4.69) is 23.6 Å². The van der Waals surface area contributed by atoms with Gasteiger partial charge in [0.1, 0.15) is 10.4 Å². The van der Waals surface area contributed by atoms with Crippen molar-refractivity contribution in [1.29, 1.82) is 0 Å². The van der Waals surface area contributed by atoms with Gasteiger partial charge in [-0.05, 0) is 61.6 Å². The maximum Gasteiger partial charge on any atom is 0.264 e. The van der Waals surface area contributed by atoms with Crippen LogP contribution in [0.5, 0.6) is 0 Å². The quantitative estimate of drug-likeness (QED) is 0.563. The van der Waals surface area contributed by atoms with E-state index in [1.165, 1.54) is 6.07 Å². The van der Waals surface area contributed by atoms with Crippen molar-refractivity contribution < 1.29 is 22.7 Å². The van der Waals surface area contributed by atoms with Gasteiger partial charge in [-0.25, -0.2) is 13.4 Å². The second-order valence-electron chi connectivity index (χ2n) is 9.13. The smallest absolute Gasteiger partial charge is 0.264 e. The zero-order chi connectivity index (χ0) is 23.8. The standard InChI is InChI=1S/C24H29N3O5S/c1-16(2)15-24(29)11-13-27(14-12-24)23(28)18-7-9-19(10-8-18)26-33(30,31)21-6-4-5-20-22(21)25-17(3)32-20/h4-10,16,26,29H,11-15H2,1-3H3. The van der Waals surface area contributed by atoms with Crippen molar-refractivity contribution in [2.24, 2.45) is 5.92 Å². The Morgan fingerprint density at radius 2 is 1.85 bits per heavy atom. The molecule has 9 heteroatoms. The number of oxazole rings is 1. The van der Waals surface area contributed by atoms with Crippen LogP contribution in [0.1, 0.15) is 49.4 Å². The van der Waals surface area contributed by atoms with Crippen LogP contribution in [0.4, 0.5) is 5.69 Å². The van der Waals surface area contributed by atoms with Gasteiger partial charge in [-0.15, -0.1) is 0 Å². The van der Waals surface area contributed by atoms with Gasteiger partial charge < -0.3 is 14.4 Å². The molecule has 2 heterocycles. The van der Waals surface area contributed by atoms with Crippen molar-refractivity contribution in [3.05, 3.63) is 53.9 Å². The molecule has 4 rings (SSSR count). The van der Waals surface area contributed by atoms with Crippen molar-refractivity contribution in [2.45, 2.75) is 50.5 Å². The summed E-state index contributed by atoms with van der Waals surface area (Å²) in [5, 5.41) is 10.7. The normalized spacial score (nSPS) is 16.3. The molecule has 0 saturated carbocycles. The second-order valence-corrected chi connectivity index (χ2v) is 10.8. The number of carbonyl (C=O) groups is 1. The molecule has 0 bridgehead atoms. The first-order chi connectivity index (χ1) is 15.6. The highest BCUT2D eigenvalue weighted by atomic mass is 32.2. The van der Waals surface area contributed by atoms with Gasteiger partial charge in [-0.3, -0.25) is 9.52 Å². The summed E-state index contributed by atoms with van der Waals surface area (Å²) in [6.07, 6.45) is 1.84. The number of hydrogen-bond donors (Lipinski definition) is 2. The lowest BCUT2D eigenvalue weighted by Crippen LogP contribution is -2.47. The number of sulfonamides is 1. The molecule has 1 aliphatic heterocycles. The number of piperidine rings is 1. The van der Waals surface area contributed by atoms with Crippen LogP contribution in [-0.4, -0.2) is 48.0 Å². The summed E-state index contributed by atoms with van der Waals surface area (Å²) < 4.78 is 33.8. The summed E-state index contributed by atoms with van der Waals surface area (Å²) in [6, 6.07) is 11.1. The van der Waals surface area contributed by atoms with Crippen molar-refractivity contribution >= 4 is 32.7 Å². The lowest BCUT2D eigenvalue weighted by Gasteiger charge is -2.39. The van der Waals surface area contributed by atoms with Crippen molar-refractivity contribution in [2.75, 3.05) is 17.8 Å². The topological polar surface area (TPSA) is 113 Å². The summed E-state index contributed by atoms with van der Waals surface area (Å²) >= 11 is 0. The molecule has 1 aliphatic rings. The number of benzene rings is 2. The number of anilines is 1. The minimum atomic E-state index is -3.90. The average molecular weight is 472 g/mol. The Bertz CT molecular complexity index is 1260. The highest BCUT2D eigenvalue weighted by Crippen LogP contribution is 2.30. The maximum absolute atomic E-state index is 12.9. The molecule has 3 aromatic rings. The molecule has 0 atom stereocenters. The zero-order valence-corrected chi connectivity index (χ0v) is 19.9. The maximum atomic E-state index is 12.9. The van der Waals surface area contributed by atoms with Gasteiger partial charge in [-0.2, -0.15) is 0 Å². The van der Waals surface area contributed by atoms with Gasteiger partial charge in [0.15, 0.2) is 11.5 Å². The van der Waals surface area contributed by atoms with E-state index >= 15 is 0 Å². The van der Waals surface area contributed by atoms with E-state index in [1.54, 1.807) is 48.2 Å². The lowest BCUT2D eigenvalue weighted by atomic mass is 9.84. The van der Waals surface area contributed by atoms with Gasteiger partial charge in [0.05, 0.1) is 5.60 Å². The van der Waals surface area contributed by atoms with Crippen LogP contribution < -0.4 is 4.72 Å². The number of nitrogens with one attached hydrogen (secondary N) is 1. The average Bonchev–Trinajstić information content (AvgIpc) is 3.13. The van der Waals surface area contributed by atoms with E-state index in [1.807, 2.05) is 0 Å². The van der Waals surface area contributed by atoms with Crippen LogP contribution in [-0.2, 0) is 10.0 Å². The Balaban J connectivity index is 1.45. The number of amides is 1. The number of para-hydroxylation sites is 1. The van der Waals surface area contributed by atoms with Crippen LogP contribution in [0.3, 0.4) is 0 Å². The van der Waals surface area contributed by atoms with E-state index in [9.17, 15) is 18.3 Å². The minimum absolute atomic E-state index is 0.0270. The molecule has 0 radical (unpaired) electrons. The number of nitrogens with zero attached hydrogens (tertiary/aromatic N) is 2. The number of carbonyl (C=O) groups excluding carboxylic acids is 1. The zero-order valence-electron chi connectivity index (χ0n) is 19.0. The molecule has 2 aromatic carbocycles. The van der Waals surface area contributed by atoms with Gasteiger partial charge in [0.25, 0.3) is 15.9 Å². The SMILES string of the molecule is Cc1nc2c(S(=O)(=O)Nc3ccc(C(=O)N4CCC(O)(CC(C)C)CC4)cc3)cccc2o1. The van der Waals surface area contributed by atoms with E-state index in [4.69, 9.17) is 4.42 Å². The highest BCUT2D eigenvalue weighted by Gasteiger charge is 2.34. The molecule has 1 aromatic heterocycles. The molecule has 1 saturated heterocycles. The summed E-state index contributed by atoms with van der Waals surface area (Å²) in [5.74, 6) is 0.656. The van der Waals surface area contributed by atoms with E-state index in [-0.39, 0.29) is 16.3 Å². The summed E-state index contributed by atoms with van der Waals surface area (Å²) in [6.45, 7) is 6.82. The second kappa shape index (κ2) is 8.79. The summed E-state index contributed by atoms with van der Waals surface area (Å²) in [4.78, 5) is 18.8. The predicted molar refractivity (Wildman–Crippen MR) is 126 cm³/mol. The van der Waals surface area contributed by atoms with E-state index in [0.29, 0.717) is 54.6 Å². The molecular formula is C24H29N3O5S. The fraction of sp³-hybridized carbons (Fsp3) is 0.417. The van der Waals surface area contributed by atoms with Gasteiger partial charge in [0.2, 0.25) is 0 Å². The Hall–Kier alpha value is -2.91. The molecule has 8 nitrogen and oxygen atoms in total. The molecule has 0 spiro atoms. The number of aliphatic hydroxyl groups is 1. The van der Waals surface area contributed by atoms with Gasteiger partial charge >= 0.3 is 0 Å². The van der Waals surface area contributed by atoms with E-state index in [0.717, 1.165) is 6.42 Å². The van der Waals surface area contributed by atoms with Crippen molar-refractivity contribution in [1.82, 2.24) is 9.88 Å². The highest BCUT2D eigenvalue weighted by molar-refractivity contribution is 7.93. The van der Waals surface area contributed by atoms with E-state index < -0.39 is 15.6 Å². The predicted octanol–water partition coefficient (Wildman–Crippen LogP) is 3.95. The Kier molecular flexibility index (Phi) is 6.20. The first-order valence-corrected chi connectivity index (χ1v) is 12.6. The number of hydrogen-bond acceptors (Lipinski definition) is 6. The Labute approximate surface area is 193 Å². The Morgan fingerprint density at radius 1 is 1.18 bits per heavy atom. The Morgan fingerprint density at radius 3 is 2.48 bits per heavy atom. The fourth-order valence-corrected chi connectivity index (χ4v) is 5.63. The largest absolute Gasteiger partial charge is 0.441 e. The molecule has 0 unspecified atom stereocenters. The number of aryl methyl sites for hydroxylation is 1. The van der Waals surface area contributed by atoms with Crippen LogP contribution in [0, 0.1) is 12.8 Å². The third-order valence-electron chi connectivity index (χ3n) is 5.93.